The molecule has 1 heterocycles. The van der Waals surface area contributed by atoms with Crippen molar-refractivity contribution in [2.75, 3.05) is 6.26 Å². The molecule has 6 heteroatoms. The van der Waals surface area contributed by atoms with E-state index in [1.807, 2.05) is 30.5 Å². The Morgan fingerprint density at radius 2 is 2.00 bits per heavy atom. The normalized spacial score (nSPS) is 10.5. The summed E-state index contributed by atoms with van der Waals surface area (Å²) < 4.78 is 2.32. The van der Waals surface area contributed by atoms with E-state index in [2.05, 4.69) is 26.0 Å². The number of aromatic nitrogens is 3. The molecule has 0 radical (unpaired) electrons. The molecular formula is C11H10BrN3OS. The second kappa shape index (κ2) is 5.01. The van der Waals surface area contributed by atoms with Crippen molar-refractivity contribution < 1.29 is 4.79 Å². The van der Waals surface area contributed by atoms with Crippen molar-refractivity contribution in [3.05, 3.63) is 28.7 Å². The number of thioether (sulfide) groups is 1. The zero-order valence-electron chi connectivity index (χ0n) is 9.35. The molecule has 0 saturated carbocycles. The molecule has 0 amide bonds. The van der Waals surface area contributed by atoms with Gasteiger partial charge in [0, 0.05) is 17.0 Å². The van der Waals surface area contributed by atoms with Crippen LogP contribution in [0.15, 0.2) is 33.9 Å². The number of nitrogens with zero attached hydrogens (tertiary/aromatic N) is 3. The Labute approximate surface area is 112 Å². The summed E-state index contributed by atoms with van der Waals surface area (Å²) in [6, 6.07) is 7.66. The predicted octanol–water partition coefficient (Wildman–Crippen LogP) is 3.09. The van der Waals surface area contributed by atoms with E-state index < -0.39 is 0 Å². The van der Waals surface area contributed by atoms with Crippen molar-refractivity contribution >= 4 is 33.6 Å². The highest BCUT2D eigenvalue weighted by atomic mass is 79.9. The summed E-state index contributed by atoms with van der Waals surface area (Å²) >= 11 is 4.77. The lowest BCUT2D eigenvalue weighted by atomic mass is 10.2. The molecule has 0 spiro atoms. The molecule has 0 atom stereocenters. The third kappa shape index (κ3) is 2.58. The van der Waals surface area contributed by atoms with Crippen molar-refractivity contribution in [2.24, 2.45) is 0 Å². The Balaban J connectivity index is 2.46. The molecule has 0 aliphatic rings. The maximum Gasteiger partial charge on any atom is 0.246 e. The van der Waals surface area contributed by atoms with Crippen molar-refractivity contribution in [2.45, 2.75) is 12.1 Å². The summed E-state index contributed by atoms with van der Waals surface area (Å²) in [7, 11) is 0. The van der Waals surface area contributed by atoms with Crippen molar-refractivity contribution in [1.82, 2.24) is 14.8 Å². The van der Waals surface area contributed by atoms with Gasteiger partial charge < -0.3 is 0 Å². The van der Waals surface area contributed by atoms with Gasteiger partial charge in [-0.3, -0.25) is 4.79 Å². The van der Waals surface area contributed by atoms with Crippen molar-refractivity contribution in [1.29, 1.82) is 0 Å². The lowest BCUT2D eigenvalue weighted by molar-refractivity contribution is 0.0909. The summed E-state index contributed by atoms with van der Waals surface area (Å²) in [4.78, 5) is 15.7. The van der Waals surface area contributed by atoms with Crippen LogP contribution >= 0.6 is 27.7 Å². The van der Waals surface area contributed by atoms with Crippen LogP contribution in [0.3, 0.4) is 0 Å². The van der Waals surface area contributed by atoms with Crippen LogP contribution in [0.4, 0.5) is 0 Å². The molecular weight excluding hydrogens is 302 g/mol. The first-order valence-electron chi connectivity index (χ1n) is 4.89. The zero-order valence-corrected chi connectivity index (χ0v) is 11.7. The van der Waals surface area contributed by atoms with E-state index in [0.717, 1.165) is 10.0 Å². The molecule has 0 unspecified atom stereocenters. The average molecular weight is 312 g/mol. The topological polar surface area (TPSA) is 47.8 Å². The van der Waals surface area contributed by atoms with Gasteiger partial charge in [-0.15, -0.1) is 5.10 Å². The molecule has 1 aromatic carbocycles. The second-order valence-corrected chi connectivity index (χ2v) is 5.05. The summed E-state index contributed by atoms with van der Waals surface area (Å²) in [5.74, 6) is 0.433. The fourth-order valence-electron chi connectivity index (χ4n) is 1.36. The summed E-state index contributed by atoms with van der Waals surface area (Å²) in [6.07, 6.45) is 1.87. The fourth-order valence-corrected chi connectivity index (χ4v) is 2.14. The van der Waals surface area contributed by atoms with E-state index in [4.69, 9.17) is 0 Å². The van der Waals surface area contributed by atoms with Gasteiger partial charge in [0.25, 0.3) is 0 Å². The van der Waals surface area contributed by atoms with Crippen LogP contribution in [-0.4, -0.2) is 26.9 Å². The maximum absolute atomic E-state index is 11.4. The number of hydrogen-bond donors (Lipinski definition) is 0. The van der Waals surface area contributed by atoms with Gasteiger partial charge in [0.2, 0.25) is 5.91 Å². The van der Waals surface area contributed by atoms with E-state index in [1.165, 1.54) is 23.4 Å². The van der Waals surface area contributed by atoms with E-state index >= 15 is 0 Å². The van der Waals surface area contributed by atoms with Gasteiger partial charge >= 0.3 is 0 Å². The Kier molecular flexibility index (Phi) is 3.63. The third-order valence-corrected chi connectivity index (χ3v) is 3.32. The minimum absolute atomic E-state index is 0.134. The first kappa shape index (κ1) is 12.3. The molecule has 0 saturated heterocycles. The van der Waals surface area contributed by atoms with Crippen molar-refractivity contribution in [3.63, 3.8) is 0 Å². The fraction of sp³-hybridized carbons (Fsp3) is 0.182. The van der Waals surface area contributed by atoms with Crippen LogP contribution in [-0.2, 0) is 0 Å². The zero-order chi connectivity index (χ0) is 12.4. The molecule has 2 rings (SSSR count). The largest absolute Gasteiger partial charge is 0.273 e. The van der Waals surface area contributed by atoms with Gasteiger partial charge in [0.15, 0.2) is 11.0 Å². The van der Waals surface area contributed by atoms with Crippen LogP contribution < -0.4 is 0 Å². The van der Waals surface area contributed by atoms with Gasteiger partial charge in [-0.1, -0.05) is 39.8 Å². The van der Waals surface area contributed by atoms with Gasteiger partial charge in [0.05, 0.1) is 0 Å². The highest BCUT2D eigenvalue weighted by Gasteiger charge is 2.13. The number of carbonyl (C=O) groups is 1. The number of hydrogen-bond acceptors (Lipinski definition) is 4. The Bertz CT molecular complexity index is 550. The second-order valence-electron chi connectivity index (χ2n) is 3.36. The third-order valence-electron chi connectivity index (χ3n) is 2.16. The molecule has 4 nitrogen and oxygen atoms in total. The van der Waals surface area contributed by atoms with Crippen LogP contribution in [0.1, 0.15) is 11.7 Å². The first-order chi connectivity index (χ1) is 8.11. The number of carbonyl (C=O) groups excluding carboxylic acids is 1. The minimum Gasteiger partial charge on any atom is -0.273 e. The van der Waals surface area contributed by atoms with Crippen LogP contribution in [0.2, 0.25) is 0 Å². The minimum atomic E-state index is -0.134. The average Bonchev–Trinajstić information content (AvgIpc) is 2.74. The molecule has 1 aromatic heterocycles. The van der Waals surface area contributed by atoms with Crippen LogP contribution in [0, 0.1) is 0 Å². The molecule has 0 aliphatic carbocycles. The highest BCUT2D eigenvalue weighted by Crippen LogP contribution is 2.21. The summed E-state index contributed by atoms with van der Waals surface area (Å²) in [6.45, 7) is 1.47. The van der Waals surface area contributed by atoms with Gasteiger partial charge in [0.1, 0.15) is 0 Å². The number of rotatable bonds is 2. The van der Waals surface area contributed by atoms with E-state index in [-0.39, 0.29) is 5.91 Å². The summed E-state index contributed by atoms with van der Waals surface area (Å²) in [5.41, 5.74) is 0.892. The van der Waals surface area contributed by atoms with Crippen molar-refractivity contribution in [3.8, 4) is 11.4 Å². The molecule has 88 valence electrons. The first-order valence-corrected chi connectivity index (χ1v) is 6.91. The summed E-state index contributed by atoms with van der Waals surface area (Å²) in [5, 5.41) is 4.81. The SMILES string of the molecule is CSc1nc(-c2ccc(Br)cc2)nn1C(C)=O. The molecule has 0 N–H and O–H groups in total. The molecule has 17 heavy (non-hydrogen) atoms. The smallest absolute Gasteiger partial charge is 0.246 e. The number of benzene rings is 1. The quantitative estimate of drug-likeness (QED) is 0.800. The predicted molar refractivity (Wildman–Crippen MR) is 71.2 cm³/mol. The lowest BCUT2D eigenvalue weighted by Crippen LogP contribution is -2.08. The van der Waals surface area contributed by atoms with Gasteiger partial charge in [-0.25, -0.2) is 4.98 Å². The monoisotopic (exact) mass is 311 g/mol. The standard InChI is InChI=1S/C11H10BrN3OS/c1-7(16)15-11(17-2)13-10(14-15)8-3-5-9(12)6-4-8/h3-6H,1-2H3. The van der Waals surface area contributed by atoms with Crippen LogP contribution in [0.25, 0.3) is 11.4 Å². The van der Waals surface area contributed by atoms with Gasteiger partial charge in [-0.05, 0) is 18.4 Å². The highest BCUT2D eigenvalue weighted by molar-refractivity contribution is 9.10. The molecule has 0 aliphatic heterocycles. The van der Waals surface area contributed by atoms with E-state index in [1.54, 1.807) is 0 Å². The maximum atomic E-state index is 11.4. The molecule has 0 fully saturated rings. The van der Waals surface area contributed by atoms with E-state index in [9.17, 15) is 4.79 Å². The van der Waals surface area contributed by atoms with Crippen LogP contribution in [0.5, 0.6) is 0 Å². The van der Waals surface area contributed by atoms with E-state index in [0.29, 0.717) is 11.0 Å². The molecule has 0 bridgehead atoms. The Morgan fingerprint density at radius 3 is 2.47 bits per heavy atom. The Morgan fingerprint density at radius 1 is 1.35 bits per heavy atom. The Hall–Kier alpha value is -1.14. The molecule has 2 aromatic rings. The lowest BCUT2D eigenvalue weighted by Gasteiger charge is -1.95. The van der Waals surface area contributed by atoms with Gasteiger partial charge in [-0.2, -0.15) is 4.68 Å². The number of halogens is 1.